The highest BCUT2D eigenvalue weighted by Crippen LogP contribution is 2.32. The first-order valence-electron chi connectivity index (χ1n) is 11.4. The number of rotatable bonds is 4. The highest BCUT2D eigenvalue weighted by Gasteiger charge is 2.15. The van der Waals surface area contributed by atoms with Crippen LogP contribution in [0, 0.1) is 11.3 Å². The van der Waals surface area contributed by atoms with E-state index in [9.17, 15) is 5.26 Å². The summed E-state index contributed by atoms with van der Waals surface area (Å²) in [6.45, 7) is 0. The van der Waals surface area contributed by atoms with E-state index in [2.05, 4.69) is 60.7 Å². The molecule has 0 aliphatic rings. The van der Waals surface area contributed by atoms with Crippen molar-refractivity contribution in [1.82, 2.24) is 14.5 Å². The molecule has 0 saturated carbocycles. The summed E-state index contributed by atoms with van der Waals surface area (Å²) in [5.74, 6) is 0.671. The molecule has 6 rings (SSSR count). The molecule has 6 aromatic rings. The van der Waals surface area contributed by atoms with E-state index in [1.54, 1.807) is 0 Å². The van der Waals surface area contributed by atoms with Crippen LogP contribution in [0.1, 0.15) is 5.56 Å². The van der Waals surface area contributed by atoms with Gasteiger partial charge in [-0.3, -0.25) is 0 Å². The standard InChI is InChI=1S/C31H20N4/c32-21-22-11-17-27(18-12-22)35-20-19-28-29(25-9-5-2-6-10-25)33-30(34-31(28)35)26-15-13-24(14-16-26)23-7-3-1-4-8-23/h1-20H. The fourth-order valence-corrected chi connectivity index (χ4v) is 4.31. The fraction of sp³-hybridized carbons (Fsp3) is 0. The third-order valence-corrected chi connectivity index (χ3v) is 6.12. The molecule has 0 atom stereocenters. The van der Waals surface area contributed by atoms with Crippen LogP contribution in [-0.4, -0.2) is 14.5 Å². The molecule has 4 nitrogen and oxygen atoms in total. The maximum Gasteiger partial charge on any atom is 0.162 e. The van der Waals surface area contributed by atoms with E-state index in [0.29, 0.717) is 11.4 Å². The van der Waals surface area contributed by atoms with E-state index in [-0.39, 0.29) is 0 Å². The van der Waals surface area contributed by atoms with Crippen LogP contribution < -0.4 is 0 Å². The van der Waals surface area contributed by atoms with Crippen molar-refractivity contribution in [1.29, 1.82) is 5.26 Å². The third kappa shape index (κ3) is 3.86. The van der Waals surface area contributed by atoms with Crippen molar-refractivity contribution in [3.05, 3.63) is 127 Å². The first-order valence-corrected chi connectivity index (χ1v) is 11.4. The fourth-order valence-electron chi connectivity index (χ4n) is 4.31. The van der Waals surface area contributed by atoms with Crippen molar-refractivity contribution >= 4 is 11.0 Å². The van der Waals surface area contributed by atoms with E-state index in [1.165, 1.54) is 5.56 Å². The second-order valence-corrected chi connectivity index (χ2v) is 8.29. The molecule has 0 bridgehead atoms. The average molecular weight is 449 g/mol. The molecule has 4 heteroatoms. The first-order chi connectivity index (χ1) is 17.3. The lowest BCUT2D eigenvalue weighted by Crippen LogP contribution is -1.99. The number of fused-ring (bicyclic) bond motifs is 1. The van der Waals surface area contributed by atoms with Crippen molar-refractivity contribution < 1.29 is 0 Å². The number of aromatic nitrogens is 3. The van der Waals surface area contributed by atoms with Gasteiger partial charge in [0.1, 0.15) is 5.65 Å². The second-order valence-electron chi connectivity index (χ2n) is 8.29. The van der Waals surface area contributed by atoms with Crippen LogP contribution in [-0.2, 0) is 0 Å². The van der Waals surface area contributed by atoms with Gasteiger partial charge in [0.25, 0.3) is 0 Å². The number of hydrogen-bond acceptors (Lipinski definition) is 3. The zero-order chi connectivity index (χ0) is 23.6. The molecule has 2 aromatic heterocycles. The molecule has 0 aliphatic heterocycles. The van der Waals surface area contributed by atoms with Crippen LogP contribution in [0.2, 0.25) is 0 Å². The Morgan fingerprint density at radius 2 is 1.17 bits per heavy atom. The van der Waals surface area contributed by atoms with Gasteiger partial charge in [0.15, 0.2) is 5.82 Å². The molecule has 35 heavy (non-hydrogen) atoms. The summed E-state index contributed by atoms with van der Waals surface area (Å²) in [5.41, 5.74) is 7.62. The highest BCUT2D eigenvalue weighted by atomic mass is 15.1. The Morgan fingerprint density at radius 1 is 0.571 bits per heavy atom. The van der Waals surface area contributed by atoms with E-state index >= 15 is 0 Å². The number of hydrogen-bond donors (Lipinski definition) is 0. The quantitative estimate of drug-likeness (QED) is 0.284. The van der Waals surface area contributed by atoms with Gasteiger partial charge in [-0.15, -0.1) is 0 Å². The molecule has 164 valence electrons. The van der Waals surface area contributed by atoms with Crippen LogP contribution >= 0.6 is 0 Å². The zero-order valence-corrected chi connectivity index (χ0v) is 18.8. The van der Waals surface area contributed by atoms with E-state index in [0.717, 1.165) is 39.1 Å². The first kappa shape index (κ1) is 20.6. The number of nitrogens with zero attached hydrogens (tertiary/aromatic N) is 4. The summed E-state index contributed by atoms with van der Waals surface area (Å²) in [6.07, 6.45) is 2.01. The van der Waals surface area contributed by atoms with Gasteiger partial charge in [-0.1, -0.05) is 84.9 Å². The van der Waals surface area contributed by atoms with Crippen molar-refractivity contribution in [2.75, 3.05) is 0 Å². The Bertz CT molecular complexity index is 1660. The Hall–Kier alpha value is -5.01. The third-order valence-electron chi connectivity index (χ3n) is 6.12. The van der Waals surface area contributed by atoms with Crippen molar-refractivity contribution in [2.45, 2.75) is 0 Å². The van der Waals surface area contributed by atoms with Gasteiger partial charge in [0.2, 0.25) is 0 Å². The van der Waals surface area contributed by atoms with Gasteiger partial charge in [0, 0.05) is 28.4 Å². The Kier molecular flexibility index (Phi) is 5.14. The second kappa shape index (κ2) is 8.74. The van der Waals surface area contributed by atoms with E-state index in [4.69, 9.17) is 9.97 Å². The SMILES string of the molecule is N#Cc1ccc(-n2ccc3c(-c4ccccc4)nc(-c4ccc(-c5ccccc5)cc4)nc32)cc1. The van der Waals surface area contributed by atoms with Crippen LogP contribution in [0.15, 0.2) is 121 Å². The average Bonchev–Trinajstić information content (AvgIpc) is 3.38. The lowest BCUT2D eigenvalue weighted by Gasteiger charge is -2.10. The Labute approximate surface area is 203 Å². The molecule has 0 unspecified atom stereocenters. The summed E-state index contributed by atoms with van der Waals surface area (Å²) in [5, 5.41) is 10.1. The molecule has 0 saturated heterocycles. The molecule has 0 radical (unpaired) electrons. The van der Waals surface area contributed by atoms with Gasteiger partial charge in [-0.25, -0.2) is 9.97 Å². The summed E-state index contributed by atoms with van der Waals surface area (Å²) in [6, 6.07) is 40.7. The topological polar surface area (TPSA) is 54.5 Å². The normalized spacial score (nSPS) is 10.8. The summed E-state index contributed by atoms with van der Waals surface area (Å²) in [4.78, 5) is 10.0. The maximum absolute atomic E-state index is 9.17. The minimum absolute atomic E-state index is 0.629. The van der Waals surface area contributed by atoms with Gasteiger partial charge in [0.05, 0.1) is 17.3 Å². The van der Waals surface area contributed by atoms with Crippen LogP contribution in [0.25, 0.3) is 50.5 Å². The molecule has 0 aliphatic carbocycles. The van der Waals surface area contributed by atoms with Crippen LogP contribution in [0.4, 0.5) is 0 Å². The predicted octanol–water partition coefficient (Wildman–Crippen LogP) is 7.29. The Balaban J connectivity index is 1.52. The zero-order valence-electron chi connectivity index (χ0n) is 18.8. The van der Waals surface area contributed by atoms with E-state index < -0.39 is 0 Å². The smallest absolute Gasteiger partial charge is 0.162 e. The van der Waals surface area contributed by atoms with Gasteiger partial charge in [-0.05, 0) is 41.5 Å². The minimum atomic E-state index is 0.629. The molecule has 0 spiro atoms. The van der Waals surface area contributed by atoms with Crippen molar-refractivity contribution in [3.8, 4) is 45.5 Å². The molecule has 4 aromatic carbocycles. The predicted molar refractivity (Wildman–Crippen MR) is 140 cm³/mol. The summed E-state index contributed by atoms with van der Waals surface area (Å²) >= 11 is 0. The number of nitriles is 1. The molecular formula is C31H20N4. The largest absolute Gasteiger partial charge is 0.301 e. The monoisotopic (exact) mass is 448 g/mol. The maximum atomic E-state index is 9.17. The van der Waals surface area contributed by atoms with Gasteiger partial charge in [-0.2, -0.15) is 5.26 Å². The molecule has 0 fully saturated rings. The lowest BCUT2D eigenvalue weighted by molar-refractivity contribution is 1.08. The molecule has 2 heterocycles. The number of benzene rings is 4. The van der Waals surface area contributed by atoms with E-state index in [1.807, 2.05) is 71.4 Å². The van der Waals surface area contributed by atoms with Crippen LogP contribution in [0.5, 0.6) is 0 Å². The molecule has 0 N–H and O–H groups in total. The Morgan fingerprint density at radius 3 is 1.83 bits per heavy atom. The summed E-state index contributed by atoms with van der Waals surface area (Å²) in [7, 11) is 0. The molecule has 0 amide bonds. The summed E-state index contributed by atoms with van der Waals surface area (Å²) < 4.78 is 2.05. The van der Waals surface area contributed by atoms with Crippen molar-refractivity contribution in [3.63, 3.8) is 0 Å². The highest BCUT2D eigenvalue weighted by molar-refractivity contribution is 5.93. The van der Waals surface area contributed by atoms with Crippen molar-refractivity contribution in [2.24, 2.45) is 0 Å². The van der Waals surface area contributed by atoms with Crippen LogP contribution in [0.3, 0.4) is 0 Å². The lowest BCUT2D eigenvalue weighted by atomic mass is 10.0. The van der Waals surface area contributed by atoms with Gasteiger partial charge >= 0.3 is 0 Å². The minimum Gasteiger partial charge on any atom is -0.301 e. The van der Waals surface area contributed by atoms with Gasteiger partial charge < -0.3 is 4.57 Å². The molecular weight excluding hydrogens is 428 g/mol.